The number of amides is 1. The fourth-order valence-corrected chi connectivity index (χ4v) is 4.36. The number of hydrogen-bond donors (Lipinski definition) is 3. The minimum absolute atomic E-state index is 0.0389. The number of rotatable bonds is 11. The number of carbonyl (C=O) groups is 2. The van der Waals surface area contributed by atoms with E-state index in [1.54, 1.807) is 6.08 Å². The molecule has 7 heteroatoms. The molecule has 0 spiro atoms. The summed E-state index contributed by atoms with van der Waals surface area (Å²) in [6, 6.07) is 13.5. The lowest BCUT2D eigenvalue weighted by Crippen LogP contribution is -2.19. The van der Waals surface area contributed by atoms with Crippen LogP contribution in [0.3, 0.4) is 0 Å². The van der Waals surface area contributed by atoms with Crippen LogP contribution in [0.5, 0.6) is 0 Å². The van der Waals surface area contributed by atoms with Gasteiger partial charge in [0.25, 0.3) is 0 Å². The Bertz CT molecular complexity index is 1220. The summed E-state index contributed by atoms with van der Waals surface area (Å²) in [5, 5.41) is 5.83. The molecule has 6 nitrogen and oxygen atoms in total. The number of aldehydes is 1. The second-order valence-electron chi connectivity index (χ2n) is 9.69. The van der Waals surface area contributed by atoms with Crippen molar-refractivity contribution in [1.29, 1.82) is 0 Å². The Hall–Kier alpha value is -3.71. The molecule has 0 bridgehead atoms. The Kier molecular flexibility index (Phi) is 14.5. The van der Waals surface area contributed by atoms with Crippen LogP contribution in [-0.2, 0) is 26.0 Å². The lowest BCUT2D eigenvalue weighted by molar-refractivity contribution is -0.118. The van der Waals surface area contributed by atoms with Gasteiger partial charge in [-0.05, 0) is 71.9 Å². The molecule has 2 aromatic carbocycles. The molecule has 0 heterocycles. The van der Waals surface area contributed by atoms with Crippen LogP contribution >= 0.6 is 0 Å². The van der Waals surface area contributed by atoms with Crippen molar-refractivity contribution in [3.63, 3.8) is 0 Å². The van der Waals surface area contributed by atoms with Gasteiger partial charge in [0.2, 0.25) is 5.91 Å². The predicted octanol–water partition coefficient (Wildman–Crippen LogP) is 6.96. The molecule has 3 N–H and O–H groups in total. The van der Waals surface area contributed by atoms with Crippen molar-refractivity contribution in [1.82, 2.24) is 5.32 Å². The third-order valence-electron chi connectivity index (χ3n) is 5.62. The van der Waals surface area contributed by atoms with E-state index in [4.69, 9.17) is 0 Å². The molecule has 1 unspecified atom stereocenters. The molecular formula is C32H43N3O3S. The fraction of sp³-hybridized carbons (Fsp3) is 0.312. The van der Waals surface area contributed by atoms with Crippen molar-refractivity contribution in [2.75, 3.05) is 23.6 Å². The van der Waals surface area contributed by atoms with Gasteiger partial charge in [0.15, 0.2) is 0 Å². The lowest BCUT2D eigenvalue weighted by atomic mass is 9.87. The van der Waals surface area contributed by atoms with Gasteiger partial charge in [-0.25, -0.2) is 4.21 Å². The van der Waals surface area contributed by atoms with Gasteiger partial charge in [-0.15, -0.1) is 0 Å². The molecule has 0 aliphatic rings. The van der Waals surface area contributed by atoms with Crippen molar-refractivity contribution in [3.8, 4) is 0 Å². The first-order valence-corrected chi connectivity index (χ1v) is 14.1. The van der Waals surface area contributed by atoms with Gasteiger partial charge in [0.1, 0.15) is 17.3 Å². The van der Waals surface area contributed by atoms with Crippen molar-refractivity contribution >= 4 is 40.1 Å². The van der Waals surface area contributed by atoms with Crippen molar-refractivity contribution in [2.45, 2.75) is 58.3 Å². The molecule has 0 aliphatic carbocycles. The second kappa shape index (κ2) is 17.0. The maximum Gasteiger partial charge on any atom is 0.216 e. The van der Waals surface area contributed by atoms with E-state index < -0.39 is 11.0 Å². The first-order valence-electron chi connectivity index (χ1n) is 13.0. The van der Waals surface area contributed by atoms with Crippen molar-refractivity contribution < 1.29 is 13.8 Å². The van der Waals surface area contributed by atoms with Crippen LogP contribution in [-0.4, -0.2) is 30.0 Å². The van der Waals surface area contributed by atoms with Crippen LogP contribution in [0.2, 0.25) is 0 Å². The largest absolute Gasteiger partial charge is 0.388 e. The number of benzene rings is 2. The summed E-state index contributed by atoms with van der Waals surface area (Å²) < 4.78 is 16.0. The van der Waals surface area contributed by atoms with Gasteiger partial charge >= 0.3 is 0 Å². The molecule has 0 fully saturated rings. The van der Waals surface area contributed by atoms with Crippen molar-refractivity contribution in [3.05, 3.63) is 96.1 Å². The Balaban J connectivity index is 0.000000956. The molecule has 210 valence electrons. The number of carbonyl (C=O) groups excluding carboxylic acids is 2. The molecule has 0 saturated heterocycles. The highest BCUT2D eigenvalue weighted by molar-refractivity contribution is 7.86. The highest BCUT2D eigenvalue weighted by atomic mass is 32.2. The quantitative estimate of drug-likeness (QED) is 0.161. The normalized spacial score (nSPS) is 12.7. The monoisotopic (exact) mass is 549 g/mol. The highest BCUT2D eigenvalue weighted by Gasteiger charge is 2.15. The summed E-state index contributed by atoms with van der Waals surface area (Å²) in [5.74, 6) is 0.0573. The van der Waals surface area contributed by atoms with Gasteiger partial charge in [-0.2, -0.15) is 0 Å². The summed E-state index contributed by atoms with van der Waals surface area (Å²) in [6.45, 7) is 16.4. The lowest BCUT2D eigenvalue weighted by Gasteiger charge is -2.19. The third-order valence-corrected chi connectivity index (χ3v) is 6.74. The molecule has 39 heavy (non-hydrogen) atoms. The van der Waals surface area contributed by atoms with Gasteiger partial charge < -0.3 is 15.4 Å². The Morgan fingerprint density at radius 2 is 1.77 bits per heavy atom. The van der Waals surface area contributed by atoms with Gasteiger partial charge in [-0.3, -0.25) is 9.59 Å². The fourth-order valence-electron chi connectivity index (χ4n) is 3.52. The summed E-state index contributed by atoms with van der Waals surface area (Å²) >= 11 is 0. The van der Waals surface area contributed by atoms with Gasteiger partial charge in [0, 0.05) is 37.5 Å². The van der Waals surface area contributed by atoms with Gasteiger partial charge in [0.05, 0.1) is 4.90 Å². The van der Waals surface area contributed by atoms with E-state index in [1.165, 1.54) is 18.6 Å². The molecule has 0 aromatic heterocycles. The smallest absolute Gasteiger partial charge is 0.216 e. The standard InChI is InChI=1S/C27H32N2O2S.C5H11NO/c1-7-9-10-20(8-2)24(17-18-30)25-19-22(13-16-26(25)28-6)29-32(31)23-14-11-21(12-15-23)27(3,4)5;1-3-4-6-5(2)7/h7-19,28-29H,1H2,2-6H3;3-4H2,1-2H3,(H,6,7)/b10-9-,20-8+,24-17+;. The Morgan fingerprint density at radius 1 is 1.10 bits per heavy atom. The zero-order valence-corrected chi connectivity index (χ0v) is 25.1. The van der Waals surface area contributed by atoms with E-state index in [-0.39, 0.29) is 11.3 Å². The molecule has 2 aromatic rings. The summed E-state index contributed by atoms with van der Waals surface area (Å²) in [6.07, 6.45) is 10.7. The van der Waals surface area contributed by atoms with E-state index in [2.05, 4.69) is 42.7 Å². The summed E-state index contributed by atoms with van der Waals surface area (Å²) in [4.78, 5) is 22.2. The van der Waals surface area contributed by atoms with Gasteiger partial charge in [-0.1, -0.05) is 70.7 Å². The maximum atomic E-state index is 12.9. The highest BCUT2D eigenvalue weighted by Crippen LogP contribution is 2.33. The van der Waals surface area contributed by atoms with Crippen LogP contribution in [0.15, 0.2) is 89.9 Å². The van der Waals surface area contributed by atoms with E-state index in [1.807, 2.05) is 81.6 Å². The molecule has 0 saturated carbocycles. The number of allylic oxidation sites excluding steroid dienone is 7. The number of nitrogens with one attached hydrogen (secondary N) is 3. The molecule has 0 aliphatic heterocycles. The molecule has 1 amide bonds. The first-order chi connectivity index (χ1) is 18.5. The Morgan fingerprint density at radius 3 is 2.23 bits per heavy atom. The van der Waals surface area contributed by atoms with E-state index in [0.29, 0.717) is 10.6 Å². The zero-order chi connectivity index (χ0) is 29.4. The van der Waals surface area contributed by atoms with Crippen LogP contribution in [0.25, 0.3) is 5.57 Å². The maximum absolute atomic E-state index is 12.9. The molecule has 1 atom stereocenters. The predicted molar refractivity (Wildman–Crippen MR) is 167 cm³/mol. The second-order valence-corrected chi connectivity index (χ2v) is 10.9. The summed E-state index contributed by atoms with van der Waals surface area (Å²) in [7, 11) is 0.406. The minimum Gasteiger partial charge on any atom is -0.388 e. The zero-order valence-electron chi connectivity index (χ0n) is 24.3. The topological polar surface area (TPSA) is 87.3 Å². The van der Waals surface area contributed by atoms with Crippen LogP contribution in [0, 0.1) is 0 Å². The summed E-state index contributed by atoms with van der Waals surface area (Å²) in [5.41, 5.74) is 5.24. The van der Waals surface area contributed by atoms with Crippen molar-refractivity contribution in [2.24, 2.45) is 0 Å². The minimum atomic E-state index is -1.42. The Labute approximate surface area is 237 Å². The van der Waals surface area contributed by atoms with E-state index in [9.17, 15) is 13.8 Å². The van der Waals surface area contributed by atoms with Crippen LogP contribution < -0.4 is 15.4 Å². The number of anilines is 2. The first kappa shape index (κ1) is 33.3. The third kappa shape index (κ3) is 11.3. The average Bonchev–Trinajstić information content (AvgIpc) is 2.91. The SMILES string of the molecule is C=C\C=C/C(=C\C)C(=C\C=O)/c1cc(NS(=O)c2ccc(C(C)(C)C)cc2)ccc1NC.CCCNC(C)=O. The van der Waals surface area contributed by atoms with Crippen LogP contribution in [0.1, 0.15) is 59.1 Å². The average molecular weight is 550 g/mol. The van der Waals surface area contributed by atoms with E-state index >= 15 is 0 Å². The van der Waals surface area contributed by atoms with E-state index in [0.717, 1.165) is 41.6 Å². The molecular weight excluding hydrogens is 506 g/mol. The molecule has 0 radical (unpaired) electrons. The molecule has 2 rings (SSSR count). The van der Waals surface area contributed by atoms with Crippen LogP contribution in [0.4, 0.5) is 11.4 Å². The number of hydrogen-bond acceptors (Lipinski definition) is 4.